The first-order chi connectivity index (χ1) is 14.1. The number of para-hydroxylation sites is 1. The van der Waals surface area contributed by atoms with E-state index in [0.29, 0.717) is 18.7 Å². The van der Waals surface area contributed by atoms with Crippen molar-refractivity contribution in [3.05, 3.63) is 68.7 Å². The zero-order valence-corrected chi connectivity index (χ0v) is 16.2. The summed E-state index contributed by atoms with van der Waals surface area (Å²) in [6, 6.07) is 10.5. The molecule has 11 heteroatoms. The molecule has 2 aromatic heterocycles. The van der Waals surface area contributed by atoms with E-state index >= 15 is 0 Å². The minimum atomic E-state index is -0.606. The van der Waals surface area contributed by atoms with Crippen LogP contribution in [0.2, 0.25) is 0 Å². The highest BCUT2D eigenvalue weighted by atomic mass is 32.1. The van der Waals surface area contributed by atoms with Gasteiger partial charge in [0.2, 0.25) is 11.6 Å². The van der Waals surface area contributed by atoms with E-state index in [1.807, 2.05) is 17.5 Å². The Balaban J connectivity index is 1.71. The third-order valence-electron chi connectivity index (χ3n) is 3.89. The highest BCUT2D eigenvalue weighted by molar-refractivity contribution is 7.09. The number of nitrogens with one attached hydrogen (secondary N) is 3. The fraction of sp³-hybridized carbons (Fsp3) is 0.167. The smallest absolute Gasteiger partial charge is 0.354 e. The van der Waals surface area contributed by atoms with Crippen molar-refractivity contribution in [2.45, 2.75) is 6.42 Å². The van der Waals surface area contributed by atoms with Gasteiger partial charge in [0.25, 0.3) is 5.91 Å². The zero-order valence-electron chi connectivity index (χ0n) is 15.4. The van der Waals surface area contributed by atoms with Crippen molar-refractivity contribution in [3.63, 3.8) is 0 Å². The third-order valence-corrected chi connectivity index (χ3v) is 4.83. The van der Waals surface area contributed by atoms with E-state index in [0.717, 1.165) is 4.88 Å². The number of aromatic nitrogens is 2. The Morgan fingerprint density at radius 2 is 2.00 bits per heavy atom. The first-order valence-corrected chi connectivity index (χ1v) is 9.43. The van der Waals surface area contributed by atoms with Crippen molar-refractivity contribution in [2.24, 2.45) is 0 Å². The Kier molecular flexibility index (Phi) is 6.53. The summed E-state index contributed by atoms with van der Waals surface area (Å²) in [6.45, 7) is 0.464. The number of amides is 1. The summed E-state index contributed by atoms with van der Waals surface area (Å²) in [6.07, 6.45) is 1.88. The quantitative estimate of drug-likeness (QED) is 0.360. The molecule has 0 fully saturated rings. The van der Waals surface area contributed by atoms with Gasteiger partial charge in [-0.15, -0.1) is 11.3 Å². The van der Waals surface area contributed by atoms with Crippen LogP contribution in [0.5, 0.6) is 5.75 Å². The molecule has 0 saturated heterocycles. The molecule has 3 N–H and O–H groups in total. The van der Waals surface area contributed by atoms with Crippen molar-refractivity contribution < 1.29 is 14.5 Å². The third kappa shape index (κ3) is 4.96. The van der Waals surface area contributed by atoms with Crippen LogP contribution in [0, 0.1) is 10.1 Å². The number of methoxy groups -OCH3 is 1. The van der Waals surface area contributed by atoms with Crippen LogP contribution >= 0.6 is 11.3 Å². The average Bonchev–Trinajstić information content (AvgIpc) is 3.25. The van der Waals surface area contributed by atoms with Crippen LogP contribution in [0.25, 0.3) is 0 Å². The second kappa shape index (κ2) is 9.46. The van der Waals surface area contributed by atoms with Gasteiger partial charge in [-0.05, 0) is 30.0 Å². The lowest BCUT2D eigenvalue weighted by Crippen LogP contribution is -2.30. The minimum Gasteiger partial charge on any atom is -0.496 e. The molecule has 0 unspecified atom stereocenters. The molecule has 0 atom stereocenters. The first-order valence-electron chi connectivity index (χ1n) is 8.55. The molecule has 29 heavy (non-hydrogen) atoms. The number of nitro groups is 1. The molecule has 3 rings (SSSR count). The maximum absolute atomic E-state index is 12.4. The normalized spacial score (nSPS) is 10.2. The van der Waals surface area contributed by atoms with Crippen LogP contribution in [-0.4, -0.2) is 34.5 Å². The SMILES string of the molecule is COc1ccccc1C(=O)NNc1ncnc(NCCc2cccs2)c1[N+](=O)[O-]. The maximum atomic E-state index is 12.4. The number of rotatable bonds is 9. The number of thiophene rings is 1. The summed E-state index contributed by atoms with van der Waals surface area (Å²) in [5, 5.41) is 16.5. The monoisotopic (exact) mass is 414 g/mol. The predicted octanol–water partition coefficient (Wildman–Crippen LogP) is 2.87. The summed E-state index contributed by atoms with van der Waals surface area (Å²) in [7, 11) is 1.45. The Labute approximate surface area is 170 Å². The second-order valence-electron chi connectivity index (χ2n) is 5.71. The molecule has 2 heterocycles. The van der Waals surface area contributed by atoms with Crippen molar-refractivity contribution in [1.82, 2.24) is 15.4 Å². The maximum Gasteiger partial charge on any atom is 0.354 e. The molecule has 0 bridgehead atoms. The molecule has 1 amide bonds. The lowest BCUT2D eigenvalue weighted by Gasteiger charge is -2.12. The summed E-state index contributed by atoms with van der Waals surface area (Å²) < 4.78 is 5.14. The average molecular weight is 414 g/mol. The van der Waals surface area contributed by atoms with Gasteiger partial charge in [-0.3, -0.25) is 25.8 Å². The number of benzene rings is 1. The van der Waals surface area contributed by atoms with Gasteiger partial charge in [0, 0.05) is 11.4 Å². The Hall–Kier alpha value is -3.73. The Bertz CT molecular complexity index is 996. The van der Waals surface area contributed by atoms with Crippen molar-refractivity contribution in [3.8, 4) is 5.75 Å². The number of ether oxygens (including phenoxy) is 1. The molecular weight excluding hydrogens is 396 g/mol. The van der Waals surface area contributed by atoms with Gasteiger partial charge >= 0.3 is 5.69 Å². The van der Waals surface area contributed by atoms with Crippen LogP contribution in [-0.2, 0) is 6.42 Å². The molecule has 10 nitrogen and oxygen atoms in total. The number of hydrogen-bond donors (Lipinski definition) is 3. The molecule has 0 saturated carbocycles. The molecule has 0 aliphatic heterocycles. The Morgan fingerprint density at radius 3 is 2.72 bits per heavy atom. The van der Waals surface area contributed by atoms with Gasteiger partial charge < -0.3 is 10.1 Å². The number of carbonyl (C=O) groups excluding carboxylic acids is 1. The van der Waals surface area contributed by atoms with Gasteiger partial charge in [0.1, 0.15) is 12.1 Å². The van der Waals surface area contributed by atoms with Crippen LogP contribution in [0.3, 0.4) is 0 Å². The molecule has 150 valence electrons. The first kappa shape index (κ1) is 20.0. The molecule has 3 aromatic rings. The van der Waals surface area contributed by atoms with E-state index in [1.165, 1.54) is 13.4 Å². The fourth-order valence-corrected chi connectivity index (χ4v) is 3.26. The fourth-order valence-electron chi connectivity index (χ4n) is 2.55. The number of hydrazine groups is 1. The van der Waals surface area contributed by atoms with Crippen LogP contribution in [0.15, 0.2) is 48.1 Å². The summed E-state index contributed by atoms with van der Waals surface area (Å²) >= 11 is 1.61. The molecular formula is C18H18N6O4S. The number of anilines is 2. The lowest BCUT2D eigenvalue weighted by atomic mass is 10.2. The topological polar surface area (TPSA) is 131 Å². The van der Waals surface area contributed by atoms with E-state index in [1.54, 1.807) is 35.6 Å². The molecule has 1 aromatic carbocycles. The second-order valence-corrected chi connectivity index (χ2v) is 6.74. The molecule has 0 aliphatic carbocycles. The van der Waals surface area contributed by atoms with Gasteiger partial charge in [-0.2, -0.15) is 0 Å². The molecule has 0 radical (unpaired) electrons. The van der Waals surface area contributed by atoms with Gasteiger partial charge in [0.05, 0.1) is 17.6 Å². The summed E-state index contributed by atoms with van der Waals surface area (Å²) in [5.41, 5.74) is 4.81. The highest BCUT2D eigenvalue weighted by Crippen LogP contribution is 2.28. The van der Waals surface area contributed by atoms with E-state index < -0.39 is 10.8 Å². The molecule has 0 spiro atoms. The summed E-state index contributed by atoms with van der Waals surface area (Å²) in [5.74, 6) is -0.218. The predicted molar refractivity (Wildman–Crippen MR) is 109 cm³/mol. The van der Waals surface area contributed by atoms with Gasteiger partial charge in [0.15, 0.2) is 0 Å². The Morgan fingerprint density at radius 1 is 1.21 bits per heavy atom. The largest absolute Gasteiger partial charge is 0.496 e. The van der Waals surface area contributed by atoms with Crippen LogP contribution in [0.1, 0.15) is 15.2 Å². The van der Waals surface area contributed by atoms with Crippen molar-refractivity contribution in [1.29, 1.82) is 0 Å². The number of nitrogens with zero attached hydrogens (tertiary/aromatic N) is 3. The van der Waals surface area contributed by atoms with Gasteiger partial charge in [-0.1, -0.05) is 18.2 Å². The zero-order chi connectivity index (χ0) is 20.6. The van der Waals surface area contributed by atoms with Crippen molar-refractivity contribution >= 4 is 34.6 Å². The van der Waals surface area contributed by atoms with E-state index in [9.17, 15) is 14.9 Å². The minimum absolute atomic E-state index is 0.0654. The van der Waals surface area contributed by atoms with Crippen molar-refractivity contribution in [2.75, 3.05) is 24.4 Å². The summed E-state index contributed by atoms with van der Waals surface area (Å²) in [4.78, 5) is 32.3. The van der Waals surface area contributed by atoms with Crippen LogP contribution < -0.4 is 20.9 Å². The van der Waals surface area contributed by atoms with Crippen LogP contribution in [0.4, 0.5) is 17.3 Å². The molecule has 0 aliphatic rings. The van der Waals surface area contributed by atoms with E-state index in [-0.39, 0.29) is 22.9 Å². The van der Waals surface area contributed by atoms with E-state index in [2.05, 4.69) is 26.1 Å². The number of carbonyl (C=O) groups is 1. The standard InChI is InChI=1S/C18H18N6O4S/c1-28-14-7-3-2-6-13(14)18(25)23-22-17-15(24(26)27)16(20-11-21-17)19-9-8-12-5-4-10-29-12/h2-7,10-11H,8-9H2,1H3,(H,23,25)(H2,19,20,21,22). The highest BCUT2D eigenvalue weighted by Gasteiger charge is 2.23. The van der Waals surface area contributed by atoms with E-state index in [4.69, 9.17) is 4.74 Å². The van der Waals surface area contributed by atoms with Gasteiger partial charge in [-0.25, -0.2) is 9.97 Å². The lowest BCUT2D eigenvalue weighted by molar-refractivity contribution is -0.383. The number of hydrogen-bond acceptors (Lipinski definition) is 9.